The lowest BCUT2D eigenvalue weighted by Gasteiger charge is -2.03. The van der Waals surface area contributed by atoms with E-state index < -0.39 is 16.0 Å². The van der Waals surface area contributed by atoms with Crippen LogP contribution in [0.3, 0.4) is 0 Å². The van der Waals surface area contributed by atoms with Crippen LogP contribution in [0.5, 0.6) is 0 Å². The van der Waals surface area contributed by atoms with E-state index in [-0.39, 0.29) is 17.1 Å². The molecule has 0 radical (unpaired) electrons. The van der Waals surface area contributed by atoms with Crippen molar-refractivity contribution in [1.29, 1.82) is 0 Å². The Morgan fingerprint density at radius 1 is 1.52 bits per heavy atom. The largest absolute Gasteiger partial charge is 0.477 e. The third kappa shape index (κ3) is 3.69. The van der Waals surface area contributed by atoms with Crippen LogP contribution in [0.25, 0.3) is 0 Å². The SMILES string of the molecule is CCn1cc(S(=O)(=O)NCCc2nccs2)cc1C(=O)O. The van der Waals surface area contributed by atoms with Crippen molar-refractivity contribution < 1.29 is 18.3 Å². The number of nitrogens with one attached hydrogen (secondary N) is 1. The molecule has 0 saturated carbocycles. The molecule has 2 heterocycles. The van der Waals surface area contributed by atoms with E-state index in [0.29, 0.717) is 13.0 Å². The van der Waals surface area contributed by atoms with Crippen molar-refractivity contribution in [2.45, 2.75) is 24.8 Å². The Kier molecular flexibility index (Phi) is 4.76. The summed E-state index contributed by atoms with van der Waals surface area (Å²) in [5.74, 6) is -1.15. The van der Waals surface area contributed by atoms with Gasteiger partial charge in [0.05, 0.1) is 5.01 Å². The van der Waals surface area contributed by atoms with Crippen LogP contribution in [0.4, 0.5) is 0 Å². The van der Waals surface area contributed by atoms with Crippen molar-refractivity contribution in [1.82, 2.24) is 14.3 Å². The molecule has 0 fully saturated rings. The smallest absolute Gasteiger partial charge is 0.352 e. The van der Waals surface area contributed by atoms with Gasteiger partial charge in [0.15, 0.2) is 0 Å². The van der Waals surface area contributed by atoms with Gasteiger partial charge in [-0.05, 0) is 13.0 Å². The fourth-order valence-electron chi connectivity index (χ4n) is 1.82. The topological polar surface area (TPSA) is 101 Å². The van der Waals surface area contributed by atoms with Gasteiger partial charge in [-0.3, -0.25) is 0 Å². The third-order valence-electron chi connectivity index (χ3n) is 2.86. The van der Waals surface area contributed by atoms with Crippen molar-refractivity contribution in [2.24, 2.45) is 0 Å². The van der Waals surface area contributed by atoms with Crippen molar-refractivity contribution in [3.8, 4) is 0 Å². The zero-order valence-electron chi connectivity index (χ0n) is 11.3. The second kappa shape index (κ2) is 6.37. The van der Waals surface area contributed by atoms with E-state index in [1.807, 2.05) is 5.38 Å². The van der Waals surface area contributed by atoms with Crippen LogP contribution in [0.2, 0.25) is 0 Å². The number of carboxylic acid groups (broad SMARTS) is 1. The predicted octanol–water partition coefficient (Wildman–Crippen LogP) is 1.18. The highest BCUT2D eigenvalue weighted by atomic mass is 32.2. The van der Waals surface area contributed by atoms with Gasteiger partial charge in [0, 0.05) is 37.3 Å². The van der Waals surface area contributed by atoms with Crippen molar-refractivity contribution in [3.05, 3.63) is 34.5 Å². The van der Waals surface area contributed by atoms with Crippen LogP contribution < -0.4 is 4.72 Å². The number of thiazole rings is 1. The van der Waals surface area contributed by atoms with Crippen LogP contribution >= 0.6 is 11.3 Å². The quantitative estimate of drug-likeness (QED) is 0.794. The number of aromatic carboxylic acids is 1. The summed E-state index contributed by atoms with van der Waals surface area (Å²) in [6.45, 7) is 2.35. The molecule has 2 rings (SSSR count). The Labute approximate surface area is 126 Å². The number of aromatic nitrogens is 2. The van der Waals surface area contributed by atoms with Crippen molar-refractivity contribution in [2.75, 3.05) is 6.54 Å². The molecule has 0 bridgehead atoms. The Morgan fingerprint density at radius 3 is 2.81 bits per heavy atom. The molecule has 0 amide bonds. The van der Waals surface area contributed by atoms with E-state index in [4.69, 9.17) is 5.11 Å². The number of hydrogen-bond acceptors (Lipinski definition) is 5. The number of sulfonamides is 1. The Hall–Kier alpha value is -1.71. The average Bonchev–Trinajstić information content (AvgIpc) is 3.07. The van der Waals surface area contributed by atoms with Gasteiger partial charge in [0.25, 0.3) is 0 Å². The maximum absolute atomic E-state index is 12.1. The van der Waals surface area contributed by atoms with E-state index in [1.54, 1.807) is 13.1 Å². The normalized spacial score (nSPS) is 11.7. The van der Waals surface area contributed by atoms with E-state index in [0.717, 1.165) is 11.1 Å². The second-order valence-electron chi connectivity index (χ2n) is 4.23. The van der Waals surface area contributed by atoms with Crippen LogP contribution in [0.15, 0.2) is 28.7 Å². The standard InChI is InChI=1S/C12H15N3O4S2/c1-2-15-8-9(7-10(15)12(16)17)21(18,19)14-4-3-11-13-5-6-20-11/h5-8,14H,2-4H2,1H3,(H,16,17). The number of carbonyl (C=O) groups is 1. The van der Waals surface area contributed by atoms with Crippen molar-refractivity contribution >= 4 is 27.3 Å². The monoisotopic (exact) mass is 329 g/mol. The molecule has 0 aromatic carbocycles. The van der Waals surface area contributed by atoms with Gasteiger partial charge in [-0.15, -0.1) is 11.3 Å². The molecule has 7 nitrogen and oxygen atoms in total. The maximum atomic E-state index is 12.1. The Bertz CT molecular complexity index is 720. The van der Waals surface area contributed by atoms with Gasteiger partial charge < -0.3 is 9.67 Å². The molecule has 0 aliphatic carbocycles. The van der Waals surface area contributed by atoms with E-state index in [2.05, 4.69) is 9.71 Å². The first-order valence-corrected chi connectivity index (χ1v) is 8.62. The molecule has 0 atom stereocenters. The van der Waals surface area contributed by atoms with E-state index >= 15 is 0 Å². The molecule has 21 heavy (non-hydrogen) atoms. The highest BCUT2D eigenvalue weighted by Crippen LogP contribution is 2.15. The molecule has 2 aromatic rings. The molecule has 0 aliphatic heterocycles. The summed E-state index contributed by atoms with van der Waals surface area (Å²) in [5.41, 5.74) is -0.0437. The molecule has 114 valence electrons. The lowest BCUT2D eigenvalue weighted by Crippen LogP contribution is -2.25. The minimum atomic E-state index is -3.72. The lowest BCUT2D eigenvalue weighted by atomic mass is 10.4. The second-order valence-corrected chi connectivity index (χ2v) is 6.97. The minimum Gasteiger partial charge on any atom is -0.477 e. The van der Waals surface area contributed by atoms with Crippen LogP contribution in [-0.4, -0.2) is 35.6 Å². The van der Waals surface area contributed by atoms with Crippen LogP contribution in [0.1, 0.15) is 22.4 Å². The number of carboxylic acids is 1. The van der Waals surface area contributed by atoms with Crippen molar-refractivity contribution in [3.63, 3.8) is 0 Å². The third-order valence-corrected chi connectivity index (χ3v) is 5.12. The highest BCUT2D eigenvalue weighted by Gasteiger charge is 2.20. The number of aryl methyl sites for hydroxylation is 1. The molecule has 0 spiro atoms. The van der Waals surface area contributed by atoms with Gasteiger partial charge in [0.1, 0.15) is 10.6 Å². The molecule has 9 heteroatoms. The first-order valence-electron chi connectivity index (χ1n) is 6.25. The first kappa shape index (κ1) is 15.7. The summed E-state index contributed by atoms with van der Waals surface area (Å²) >= 11 is 1.46. The summed E-state index contributed by atoms with van der Waals surface area (Å²) in [6.07, 6.45) is 3.49. The van der Waals surface area contributed by atoms with Gasteiger partial charge in [-0.1, -0.05) is 0 Å². The summed E-state index contributed by atoms with van der Waals surface area (Å²) in [4.78, 5) is 15.1. The molecule has 2 aromatic heterocycles. The van der Waals surface area contributed by atoms with E-state index in [9.17, 15) is 13.2 Å². The molecule has 0 aliphatic rings. The molecular formula is C12H15N3O4S2. The average molecular weight is 329 g/mol. The predicted molar refractivity (Wildman–Crippen MR) is 78.1 cm³/mol. The van der Waals surface area contributed by atoms with E-state index in [1.165, 1.54) is 22.1 Å². The van der Waals surface area contributed by atoms with Gasteiger partial charge >= 0.3 is 5.97 Å². The molecule has 0 unspecified atom stereocenters. The summed E-state index contributed by atoms with van der Waals surface area (Å²) in [5, 5.41) is 11.7. The van der Waals surface area contributed by atoms with Gasteiger partial charge in [-0.25, -0.2) is 22.9 Å². The minimum absolute atomic E-state index is 0.0408. The van der Waals surface area contributed by atoms with Crippen LogP contribution in [0, 0.1) is 0 Å². The zero-order chi connectivity index (χ0) is 15.5. The summed E-state index contributed by atoms with van der Waals surface area (Å²) in [7, 11) is -3.72. The van der Waals surface area contributed by atoms with Gasteiger partial charge in [0.2, 0.25) is 10.0 Å². The van der Waals surface area contributed by atoms with Crippen LogP contribution in [-0.2, 0) is 23.0 Å². The summed E-state index contributed by atoms with van der Waals surface area (Å²) < 4.78 is 28.1. The first-order chi connectivity index (χ1) is 9.94. The lowest BCUT2D eigenvalue weighted by molar-refractivity contribution is 0.0685. The fraction of sp³-hybridized carbons (Fsp3) is 0.333. The molecule has 0 saturated heterocycles. The number of rotatable bonds is 7. The number of hydrogen-bond donors (Lipinski definition) is 2. The fourth-order valence-corrected chi connectivity index (χ4v) is 3.51. The Morgan fingerprint density at radius 2 is 2.29 bits per heavy atom. The maximum Gasteiger partial charge on any atom is 0.352 e. The van der Waals surface area contributed by atoms with Gasteiger partial charge in [-0.2, -0.15) is 0 Å². The zero-order valence-corrected chi connectivity index (χ0v) is 12.9. The summed E-state index contributed by atoms with van der Waals surface area (Å²) in [6, 6.07) is 1.16. The number of nitrogens with zero attached hydrogens (tertiary/aromatic N) is 2. The highest BCUT2D eigenvalue weighted by molar-refractivity contribution is 7.89. The molecular weight excluding hydrogens is 314 g/mol. The molecule has 2 N–H and O–H groups in total. The Balaban J connectivity index is 2.10.